The Labute approximate surface area is 129 Å². The Balaban J connectivity index is 0.00000220. The van der Waals surface area contributed by atoms with E-state index in [9.17, 15) is 17.6 Å². The summed E-state index contributed by atoms with van der Waals surface area (Å²) in [7, 11) is -2.73. The number of hydrogen-bond acceptors (Lipinski definition) is 4. The summed E-state index contributed by atoms with van der Waals surface area (Å²) in [5.41, 5.74) is 0.169. The van der Waals surface area contributed by atoms with E-state index in [4.69, 9.17) is 0 Å². The van der Waals surface area contributed by atoms with Crippen molar-refractivity contribution in [3.05, 3.63) is 29.6 Å². The molecule has 0 aromatic heterocycles. The van der Waals surface area contributed by atoms with Crippen molar-refractivity contribution in [2.75, 3.05) is 33.2 Å². The van der Waals surface area contributed by atoms with E-state index in [-0.39, 0.29) is 23.9 Å². The van der Waals surface area contributed by atoms with E-state index in [0.29, 0.717) is 26.2 Å². The minimum Gasteiger partial charge on any atom is -0.336 e. The number of sulfonamides is 1. The highest BCUT2D eigenvalue weighted by molar-refractivity contribution is 7.89. The van der Waals surface area contributed by atoms with Crippen LogP contribution in [0, 0.1) is 5.82 Å². The largest absolute Gasteiger partial charge is 0.336 e. The van der Waals surface area contributed by atoms with Crippen LogP contribution in [-0.4, -0.2) is 52.5 Å². The molecule has 0 radical (unpaired) electrons. The van der Waals surface area contributed by atoms with Crippen LogP contribution >= 0.6 is 12.4 Å². The Bertz CT molecular complexity index is 618. The van der Waals surface area contributed by atoms with Crippen molar-refractivity contribution >= 4 is 28.3 Å². The van der Waals surface area contributed by atoms with Gasteiger partial charge in [0.2, 0.25) is 10.0 Å². The first-order valence-electron chi connectivity index (χ1n) is 6.19. The molecule has 0 saturated carbocycles. The molecule has 0 unspecified atom stereocenters. The minimum absolute atomic E-state index is 0. The van der Waals surface area contributed by atoms with Gasteiger partial charge in [-0.15, -0.1) is 12.4 Å². The fourth-order valence-electron chi connectivity index (χ4n) is 2.00. The van der Waals surface area contributed by atoms with Crippen LogP contribution in [0.3, 0.4) is 0 Å². The number of carbonyl (C=O) groups is 1. The lowest BCUT2D eigenvalue weighted by atomic mass is 10.2. The molecule has 1 aliphatic heterocycles. The molecule has 1 aromatic rings. The second-order valence-corrected chi connectivity index (χ2v) is 6.25. The van der Waals surface area contributed by atoms with Gasteiger partial charge in [0, 0.05) is 31.7 Å². The number of halogens is 2. The van der Waals surface area contributed by atoms with Crippen molar-refractivity contribution in [2.24, 2.45) is 0 Å². The van der Waals surface area contributed by atoms with Gasteiger partial charge in [-0.25, -0.2) is 17.5 Å². The number of nitrogens with one attached hydrogen (secondary N) is 2. The van der Waals surface area contributed by atoms with Gasteiger partial charge in [-0.1, -0.05) is 0 Å². The standard InChI is InChI=1S/C12H16FN3O3S.ClH/c1-14-20(18,19)11-8-9(2-3-10(11)13)12(17)16-6-4-15-5-7-16;/h2-3,8,14-15H,4-7H2,1H3;1H. The Morgan fingerprint density at radius 3 is 2.52 bits per heavy atom. The summed E-state index contributed by atoms with van der Waals surface area (Å²) in [4.78, 5) is 13.3. The summed E-state index contributed by atoms with van der Waals surface area (Å²) >= 11 is 0. The molecule has 0 spiro atoms. The Morgan fingerprint density at radius 1 is 1.33 bits per heavy atom. The molecule has 21 heavy (non-hydrogen) atoms. The molecule has 1 heterocycles. The summed E-state index contributed by atoms with van der Waals surface area (Å²) in [6.07, 6.45) is 0. The average molecular weight is 338 g/mol. The molecule has 9 heteroatoms. The molecule has 1 fully saturated rings. The van der Waals surface area contributed by atoms with Crippen molar-refractivity contribution in [1.82, 2.24) is 14.9 Å². The lowest BCUT2D eigenvalue weighted by Gasteiger charge is -2.27. The number of hydrogen-bond donors (Lipinski definition) is 2. The second kappa shape index (κ2) is 7.17. The quantitative estimate of drug-likeness (QED) is 0.826. The van der Waals surface area contributed by atoms with Crippen LogP contribution in [-0.2, 0) is 10.0 Å². The smallest absolute Gasteiger partial charge is 0.253 e. The molecular weight excluding hydrogens is 321 g/mol. The van der Waals surface area contributed by atoms with Crippen molar-refractivity contribution < 1.29 is 17.6 Å². The van der Waals surface area contributed by atoms with Crippen molar-refractivity contribution in [1.29, 1.82) is 0 Å². The fraction of sp³-hybridized carbons (Fsp3) is 0.417. The number of amides is 1. The molecule has 0 bridgehead atoms. The van der Waals surface area contributed by atoms with Crippen LogP contribution in [0.15, 0.2) is 23.1 Å². The number of piperazine rings is 1. The molecule has 2 rings (SSSR count). The zero-order valence-corrected chi connectivity index (χ0v) is 13.1. The summed E-state index contributed by atoms with van der Waals surface area (Å²) in [5.74, 6) is -1.17. The van der Waals surface area contributed by atoms with E-state index in [0.717, 1.165) is 12.1 Å². The van der Waals surface area contributed by atoms with Gasteiger partial charge in [0.15, 0.2) is 0 Å². The first-order valence-corrected chi connectivity index (χ1v) is 7.67. The third-order valence-corrected chi connectivity index (χ3v) is 4.57. The van der Waals surface area contributed by atoms with Gasteiger partial charge < -0.3 is 10.2 Å². The summed E-state index contributed by atoms with van der Waals surface area (Å²) in [6, 6.07) is 3.37. The number of nitrogens with zero attached hydrogens (tertiary/aromatic N) is 1. The highest BCUT2D eigenvalue weighted by Crippen LogP contribution is 2.17. The SMILES string of the molecule is CNS(=O)(=O)c1cc(C(=O)N2CCNCC2)ccc1F.Cl. The Kier molecular flexibility index (Phi) is 6.09. The topological polar surface area (TPSA) is 78.5 Å². The van der Waals surface area contributed by atoms with E-state index in [1.807, 2.05) is 4.72 Å². The van der Waals surface area contributed by atoms with Crippen molar-refractivity contribution in [2.45, 2.75) is 4.90 Å². The molecule has 1 amide bonds. The highest BCUT2D eigenvalue weighted by Gasteiger charge is 2.22. The number of rotatable bonds is 3. The van der Waals surface area contributed by atoms with Crippen molar-refractivity contribution in [3.63, 3.8) is 0 Å². The van der Waals surface area contributed by atoms with Gasteiger partial charge in [0.05, 0.1) is 0 Å². The van der Waals surface area contributed by atoms with E-state index in [1.165, 1.54) is 13.1 Å². The second-order valence-electron chi connectivity index (χ2n) is 4.39. The zero-order valence-electron chi connectivity index (χ0n) is 11.4. The van der Waals surface area contributed by atoms with Crippen LogP contribution in [0.4, 0.5) is 4.39 Å². The molecule has 1 aliphatic rings. The fourth-order valence-corrected chi connectivity index (χ4v) is 2.83. The molecule has 1 aromatic carbocycles. The minimum atomic E-state index is -3.92. The average Bonchev–Trinajstić information content (AvgIpc) is 2.47. The van der Waals surface area contributed by atoms with E-state index in [1.54, 1.807) is 4.90 Å². The van der Waals surface area contributed by atoms with Crippen LogP contribution in [0.25, 0.3) is 0 Å². The van der Waals surface area contributed by atoms with Gasteiger partial charge in [0.1, 0.15) is 10.7 Å². The highest BCUT2D eigenvalue weighted by atomic mass is 35.5. The van der Waals surface area contributed by atoms with Crippen molar-refractivity contribution in [3.8, 4) is 0 Å². The molecular formula is C12H17ClFN3O3S. The third-order valence-electron chi connectivity index (χ3n) is 3.14. The predicted octanol–water partition coefficient (Wildman–Crippen LogP) is 0.201. The molecule has 6 nitrogen and oxygen atoms in total. The Hall–Kier alpha value is -1.22. The molecule has 118 valence electrons. The van der Waals surface area contributed by atoms with Gasteiger partial charge in [-0.05, 0) is 25.2 Å². The lowest BCUT2D eigenvalue weighted by Crippen LogP contribution is -2.46. The maximum absolute atomic E-state index is 13.6. The van der Waals surface area contributed by atoms with Gasteiger partial charge in [-0.2, -0.15) is 0 Å². The van der Waals surface area contributed by atoms with E-state index >= 15 is 0 Å². The predicted molar refractivity (Wildman–Crippen MR) is 78.7 cm³/mol. The van der Waals surface area contributed by atoms with E-state index < -0.39 is 20.7 Å². The molecule has 0 aliphatic carbocycles. The summed E-state index contributed by atoms with van der Waals surface area (Å²) < 4.78 is 39.0. The first-order chi connectivity index (χ1) is 9.45. The van der Waals surface area contributed by atoms with Crippen LogP contribution in [0.2, 0.25) is 0 Å². The van der Waals surface area contributed by atoms with Gasteiger partial charge >= 0.3 is 0 Å². The van der Waals surface area contributed by atoms with Gasteiger partial charge in [0.25, 0.3) is 5.91 Å². The van der Waals surface area contributed by atoms with Crippen LogP contribution in [0.1, 0.15) is 10.4 Å². The Morgan fingerprint density at radius 2 is 1.95 bits per heavy atom. The first kappa shape index (κ1) is 17.8. The van der Waals surface area contributed by atoms with Crippen LogP contribution in [0.5, 0.6) is 0 Å². The summed E-state index contributed by atoms with van der Waals surface area (Å²) in [5, 5.41) is 3.12. The number of benzene rings is 1. The molecule has 2 N–H and O–H groups in total. The normalized spacial score (nSPS) is 15.4. The zero-order chi connectivity index (χ0) is 14.8. The molecule has 1 saturated heterocycles. The number of carbonyl (C=O) groups excluding carboxylic acids is 1. The van der Waals surface area contributed by atoms with E-state index in [2.05, 4.69) is 5.32 Å². The summed E-state index contributed by atoms with van der Waals surface area (Å²) in [6.45, 7) is 2.47. The monoisotopic (exact) mass is 337 g/mol. The van der Waals surface area contributed by atoms with Gasteiger partial charge in [-0.3, -0.25) is 4.79 Å². The lowest BCUT2D eigenvalue weighted by molar-refractivity contribution is 0.0735. The van der Waals surface area contributed by atoms with Crippen LogP contribution < -0.4 is 10.0 Å². The maximum Gasteiger partial charge on any atom is 0.253 e. The molecule has 0 atom stereocenters. The maximum atomic E-state index is 13.6. The third kappa shape index (κ3) is 3.91.